The summed E-state index contributed by atoms with van der Waals surface area (Å²) >= 11 is 7.07. The molecular formula is C19H21N3OS2. The van der Waals surface area contributed by atoms with Crippen LogP contribution in [0.4, 0.5) is 5.69 Å². The zero-order valence-electron chi connectivity index (χ0n) is 14.1. The monoisotopic (exact) mass is 371 g/mol. The van der Waals surface area contributed by atoms with Crippen molar-refractivity contribution in [2.45, 2.75) is 12.7 Å². The van der Waals surface area contributed by atoms with Crippen molar-refractivity contribution in [2.75, 3.05) is 24.2 Å². The lowest BCUT2D eigenvalue weighted by molar-refractivity contribution is 0.340. The summed E-state index contributed by atoms with van der Waals surface area (Å²) < 4.78 is 5.41. The molecule has 25 heavy (non-hydrogen) atoms. The van der Waals surface area contributed by atoms with Crippen molar-refractivity contribution in [3.63, 3.8) is 0 Å². The highest BCUT2D eigenvalue weighted by molar-refractivity contribution is 7.98. The highest BCUT2D eigenvalue weighted by Crippen LogP contribution is 2.16. The van der Waals surface area contributed by atoms with Gasteiger partial charge in [-0.15, -0.1) is 0 Å². The quantitative estimate of drug-likeness (QED) is 0.536. The first kappa shape index (κ1) is 19.1. The maximum absolute atomic E-state index is 9.08. The molecule has 0 spiro atoms. The van der Waals surface area contributed by atoms with E-state index in [1.165, 1.54) is 0 Å². The summed E-state index contributed by atoms with van der Waals surface area (Å²) in [5, 5.41) is 16.0. The summed E-state index contributed by atoms with van der Waals surface area (Å²) in [6, 6.07) is 17.6. The zero-order chi connectivity index (χ0) is 17.9. The number of ether oxygens (including phenoxy) is 1. The standard InChI is InChI=1S/C19H21N3OS2/c1-2-23-18-9-7-17(8-10-18)22-19(24)21-11-12-25-14-16-6-4-3-5-15(16)13-20/h3-10H,2,11-12,14H2,1H3,(H2,21,22,24). The molecule has 0 heterocycles. The zero-order valence-corrected chi connectivity index (χ0v) is 15.8. The molecule has 4 nitrogen and oxygen atoms in total. The molecule has 0 aliphatic heterocycles. The Morgan fingerprint density at radius 2 is 1.96 bits per heavy atom. The summed E-state index contributed by atoms with van der Waals surface area (Å²) in [5.74, 6) is 2.58. The predicted octanol–water partition coefficient (Wildman–Crippen LogP) is 4.18. The third-order valence-electron chi connectivity index (χ3n) is 3.35. The van der Waals surface area contributed by atoms with Gasteiger partial charge in [-0.3, -0.25) is 0 Å². The van der Waals surface area contributed by atoms with E-state index in [1.54, 1.807) is 11.8 Å². The number of nitrogens with zero attached hydrogens (tertiary/aromatic N) is 1. The molecule has 2 aromatic rings. The molecule has 2 N–H and O–H groups in total. The molecular weight excluding hydrogens is 350 g/mol. The van der Waals surface area contributed by atoms with Gasteiger partial charge in [0, 0.05) is 23.7 Å². The van der Waals surface area contributed by atoms with Gasteiger partial charge in [0.25, 0.3) is 0 Å². The molecule has 0 aromatic heterocycles. The molecule has 130 valence electrons. The average molecular weight is 372 g/mol. The molecule has 0 amide bonds. The molecule has 0 saturated carbocycles. The first-order valence-electron chi connectivity index (χ1n) is 8.06. The Balaban J connectivity index is 1.66. The van der Waals surface area contributed by atoms with Crippen LogP contribution < -0.4 is 15.4 Å². The van der Waals surface area contributed by atoms with Crippen molar-refractivity contribution in [1.29, 1.82) is 5.26 Å². The van der Waals surface area contributed by atoms with Crippen LogP contribution in [0.25, 0.3) is 0 Å². The summed E-state index contributed by atoms with van der Waals surface area (Å²) in [6.45, 7) is 3.38. The SMILES string of the molecule is CCOc1ccc(NC(=S)NCCSCc2ccccc2C#N)cc1. The van der Waals surface area contributed by atoms with Gasteiger partial charge in [-0.05, 0) is 55.0 Å². The lowest BCUT2D eigenvalue weighted by Crippen LogP contribution is -2.30. The van der Waals surface area contributed by atoms with Gasteiger partial charge in [0.15, 0.2) is 5.11 Å². The Kier molecular flexibility index (Phi) is 8.10. The van der Waals surface area contributed by atoms with E-state index in [9.17, 15) is 0 Å². The smallest absolute Gasteiger partial charge is 0.170 e. The minimum Gasteiger partial charge on any atom is -0.494 e. The van der Waals surface area contributed by atoms with Crippen molar-refractivity contribution in [2.24, 2.45) is 0 Å². The second-order valence-corrected chi connectivity index (χ2v) is 6.67. The van der Waals surface area contributed by atoms with Gasteiger partial charge in [0.1, 0.15) is 5.75 Å². The van der Waals surface area contributed by atoms with Crippen LogP contribution in [-0.4, -0.2) is 24.0 Å². The molecule has 2 aromatic carbocycles. The van der Waals surface area contributed by atoms with Gasteiger partial charge < -0.3 is 15.4 Å². The lowest BCUT2D eigenvalue weighted by Gasteiger charge is -2.11. The van der Waals surface area contributed by atoms with Crippen LogP contribution >= 0.6 is 24.0 Å². The van der Waals surface area contributed by atoms with Crippen molar-refractivity contribution >= 4 is 34.8 Å². The van der Waals surface area contributed by atoms with E-state index in [4.69, 9.17) is 22.2 Å². The molecule has 0 saturated heterocycles. The number of thioether (sulfide) groups is 1. The molecule has 0 aliphatic rings. The van der Waals surface area contributed by atoms with Gasteiger partial charge in [-0.2, -0.15) is 17.0 Å². The fraction of sp³-hybridized carbons (Fsp3) is 0.263. The molecule has 2 rings (SSSR count). The second-order valence-electron chi connectivity index (χ2n) is 5.16. The number of thiocarbonyl (C=S) groups is 1. The van der Waals surface area contributed by atoms with Crippen LogP contribution in [0.1, 0.15) is 18.1 Å². The van der Waals surface area contributed by atoms with Crippen LogP contribution in [0, 0.1) is 11.3 Å². The van der Waals surface area contributed by atoms with Crippen molar-refractivity contribution in [3.05, 3.63) is 59.7 Å². The Hall–Kier alpha value is -2.23. The van der Waals surface area contributed by atoms with Crippen LogP contribution in [0.5, 0.6) is 5.75 Å². The molecule has 0 unspecified atom stereocenters. The topological polar surface area (TPSA) is 57.1 Å². The third-order valence-corrected chi connectivity index (χ3v) is 4.60. The molecule has 0 atom stereocenters. The first-order chi connectivity index (χ1) is 12.2. The van der Waals surface area contributed by atoms with E-state index in [-0.39, 0.29) is 0 Å². The predicted molar refractivity (Wildman–Crippen MR) is 109 cm³/mol. The van der Waals surface area contributed by atoms with E-state index in [0.717, 1.165) is 40.6 Å². The van der Waals surface area contributed by atoms with Gasteiger partial charge in [0.2, 0.25) is 0 Å². The number of rotatable bonds is 8. The maximum Gasteiger partial charge on any atom is 0.170 e. The molecule has 0 aliphatic carbocycles. The van der Waals surface area contributed by atoms with Crippen molar-refractivity contribution in [3.8, 4) is 11.8 Å². The van der Waals surface area contributed by atoms with Crippen LogP contribution in [0.3, 0.4) is 0 Å². The number of hydrogen-bond donors (Lipinski definition) is 2. The highest BCUT2D eigenvalue weighted by Gasteiger charge is 2.01. The van der Waals surface area contributed by atoms with E-state index >= 15 is 0 Å². The third kappa shape index (κ3) is 6.65. The second kappa shape index (κ2) is 10.6. The van der Waals surface area contributed by atoms with Gasteiger partial charge in [-0.25, -0.2) is 0 Å². The van der Waals surface area contributed by atoms with E-state index in [1.807, 2.05) is 55.5 Å². The van der Waals surface area contributed by atoms with Crippen molar-refractivity contribution in [1.82, 2.24) is 5.32 Å². The van der Waals surface area contributed by atoms with Crippen LogP contribution in [0.15, 0.2) is 48.5 Å². The fourth-order valence-electron chi connectivity index (χ4n) is 2.15. The number of anilines is 1. The summed E-state index contributed by atoms with van der Waals surface area (Å²) in [6.07, 6.45) is 0. The van der Waals surface area contributed by atoms with Crippen LogP contribution in [0.2, 0.25) is 0 Å². The van der Waals surface area contributed by atoms with Gasteiger partial charge in [0.05, 0.1) is 18.2 Å². The average Bonchev–Trinajstić information content (AvgIpc) is 2.63. The molecule has 0 radical (unpaired) electrons. The fourth-order valence-corrected chi connectivity index (χ4v) is 3.23. The summed E-state index contributed by atoms with van der Waals surface area (Å²) in [4.78, 5) is 0. The lowest BCUT2D eigenvalue weighted by atomic mass is 10.1. The minimum absolute atomic E-state index is 0.599. The van der Waals surface area contributed by atoms with Crippen molar-refractivity contribution < 1.29 is 4.74 Å². The molecule has 6 heteroatoms. The summed E-state index contributed by atoms with van der Waals surface area (Å²) in [5.41, 5.74) is 2.75. The van der Waals surface area contributed by atoms with Crippen LogP contribution in [-0.2, 0) is 5.75 Å². The molecule has 0 fully saturated rings. The number of hydrogen-bond acceptors (Lipinski definition) is 4. The Morgan fingerprint density at radius 1 is 1.20 bits per heavy atom. The Labute approximate surface area is 158 Å². The van der Waals surface area contributed by atoms with E-state index < -0.39 is 0 Å². The van der Waals surface area contributed by atoms with Gasteiger partial charge >= 0.3 is 0 Å². The largest absolute Gasteiger partial charge is 0.494 e. The maximum atomic E-state index is 9.08. The minimum atomic E-state index is 0.599. The number of nitrogens with one attached hydrogen (secondary N) is 2. The van der Waals surface area contributed by atoms with E-state index in [2.05, 4.69) is 16.7 Å². The Bertz CT molecular complexity index is 726. The Morgan fingerprint density at radius 3 is 2.68 bits per heavy atom. The molecule has 0 bridgehead atoms. The highest BCUT2D eigenvalue weighted by atomic mass is 32.2. The van der Waals surface area contributed by atoms with Gasteiger partial charge in [-0.1, -0.05) is 18.2 Å². The number of nitriles is 1. The number of benzene rings is 2. The van der Waals surface area contributed by atoms with E-state index in [0.29, 0.717) is 11.7 Å². The first-order valence-corrected chi connectivity index (χ1v) is 9.62. The summed E-state index contributed by atoms with van der Waals surface area (Å²) in [7, 11) is 0. The normalized spacial score (nSPS) is 9.92.